The highest BCUT2D eigenvalue weighted by molar-refractivity contribution is 5.72. The lowest BCUT2D eigenvalue weighted by Gasteiger charge is -2.37. The van der Waals surface area contributed by atoms with E-state index in [-0.39, 0.29) is 11.2 Å². The van der Waals surface area contributed by atoms with Gasteiger partial charge in [0.1, 0.15) is 17.1 Å². The predicted molar refractivity (Wildman–Crippen MR) is 82.6 cm³/mol. The zero-order valence-electron chi connectivity index (χ0n) is 13.3. The standard InChI is InChI=1S/C17H23NO3/c1-5-10-15(20-4)12-6-7-13-11(14(12)18-16(10)19)8-9-17(2,3)21-13/h5-9H2,1-4H3,(H,18,19). The first-order valence-electron chi connectivity index (χ1n) is 7.70. The second-order valence-corrected chi connectivity index (χ2v) is 6.44. The van der Waals surface area contributed by atoms with Crippen molar-refractivity contribution in [3.63, 3.8) is 0 Å². The lowest BCUT2D eigenvalue weighted by molar-refractivity contribution is 0.0141. The van der Waals surface area contributed by atoms with Gasteiger partial charge in [-0.1, -0.05) is 6.92 Å². The van der Waals surface area contributed by atoms with Gasteiger partial charge in [0.2, 0.25) is 0 Å². The molecule has 2 heterocycles. The Hall–Kier alpha value is -1.71. The van der Waals surface area contributed by atoms with E-state index in [4.69, 9.17) is 9.47 Å². The summed E-state index contributed by atoms with van der Waals surface area (Å²) in [7, 11) is 1.65. The molecule has 1 aliphatic heterocycles. The van der Waals surface area contributed by atoms with E-state index in [2.05, 4.69) is 18.8 Å². The summed E-state index contributed by atoms with van der Waals surface area (Å²) in [6.07, 6.45) is 4.33. The number of nitrogens with one attached hydrogen (secondary N) is 1. The van der Waals surface area contributed by atoms with E-state index in [9.17, 15) is 4.79 Å². The van der Waals surface area contributed by atoms with Gasteiger partial charge in [-0.3, -0.25) is 4.79 Å². The molecule has 4 heteroatoms. The van der Waals surface area contributed by atoms with Crippen molar-refractivity contribution in [2.45, 2.75) is 58.5 Å². The van der Waals surface area contributed by atoms with Crippen LogP contribution in [-0.2, 0) is 17.6 Å². The third-order valence-corrected chi connectivity index (χ3v) is 4.54. The van der Waals surface area contributed by atoms with Crippen molar-refractivity contribution in [3.8, 4) is 5.75 Å². The number of rotatable bonds is 2. The number of hydrogen-bond acceptors (Lipinski definition) is 3. The minimum Gasteiger partial charge on any atom is -0.496 e. The Balaban J connectivity index is 2.18. The summed E-state index contributed by atoms with van der Waals surface area (Å²) < 4.78 is 11.7. The van der Waals surface area contributed by atoms with Gasteiger partial charge in [-0.2, -0.15) is 0 Å². The number of ether oxygens (including phenoxy) is 2. The van der Waals surface area contributed by atoms with Crippen molar-refractivity contribution in [2.24, 2.45) is 0 Å². The molecule has 0 saturated carbocycles. The van der Waals surface area contributed by atoms with E-state index in [1.807, 2.05) is 6.92 Å². The van der Waals surface area contributed by atoms with Crippen molar-refractivity contribution in [3.05, 3.63) is 32.9 Å². The first-order chi connectivity index (χ1) is 9.96. The quantitative estimate of drug-likeness (QED) is 0.909. The molecular weight excluding hydrogens is 266 g/mol. The number of methoxy groups -OCH3 is 1. The van der Waals surface area contributed by atoms with Crippen LogP contribution in [0.25, 0.3) is 5.57 Å². The van der Waals surface area contributed by atoms with Crippen LogP contribution >= 0.6 is 0 Å². The molecule has 21 heavy (non-hydrogen) atoms. The van der Waals surface area contributed by atoms with Crippen LogP contribution in [0.4, 0.5) is 0 Å². The van der Waals surface area contributed by atoms with Crippen LogP contribution in [0.15, 0.2) is 10.6 Å². The summed E-state index contributed by atoms with van der Waals surface area (Å²) in [5.41, 5.74) is 3.84. The summed E-state index contributed by atoms with van der Waals surface area (Å²) in [5, 5.41) is 0. The number of allylic oxidation sites excluding steroid dienone is 2. The maximum absolute atomic E-state index is 12.3. The molecule has 4 nitrogen and oxygen atoms in total. The Kier molecular flexibility index (Phi) is 3.34. The molecule has 0 bridgehead atoms. The molecular formula is C17H23NO3. The van der Waals surface area contributed by atoms with Crippen LogP contribution in [0.2, 0.25) is 0 Å². The fourth-order valence-electron chi connectivity index (χ4n) is 3.44. The molecule has 0 aromatic carbocycles. The van der Waals surface area contributed by atoms with Crippen molar-refractivity contribution in [1.29, 1.82) is 0 Å². The normalized spacial score (nSPS) is 19.6. The number of fused-ring (bicyclic) bond motifs is 2. The second-order valence-electron chi connectivity index (χ2n) is 6.44. The maximum atomic E-state index is 12.3. The van der Waals surface area contributed by atoms with E-state index < -0.39 is 0 Å². The zero-order valence-corrected chi connectivity index (χ0v) is 13.3. The van der Waals surface area contributed by atoms with E-state index in [0.717, 1.165) is 59.6 Å². The molecule has 0 fully saturated rings. The maximum Gasteiger partial charge on any atom is 0.255 e. The molecule has 1 N–H and O–H groups in total. The lowest BCUT2D eigenvalue weighted by atomic mass is 9.84. The minimum absolute atomic E-state index is 0.0355. The molecule has 0 saturated heterocycles. The number of aromatic amines is 1. The van der Waals surface area contributed by atoms with Gasteiger partial charge in [-0.25, -0.2) is 0 Å². The highest BCUT2D eigenvalue weighted by Crippen LogP contribution is 2.43. The van der Waals surface area contributed by atoms with Gasteiger partial charge in [0.25, 0.3) is 5.56 Å². The second kappa shape index (κ2) is 4.93. The summed E-state index contributed by atoms with van der Waals surface area (Å²) in [4.78, 5) is 15.4. The third kappa shape index (κ3) is 2.27. The van der Waals surface area contributed by atoms with Gasteiger partial charge in [0.05, 0.1) is 18.4 Å². The van der Waals surface area contributed by atoms with E-state index >= 15 is 0 Å². The van der Waals surface area contributed by atoms with E-state index in [1.54, 1.807) is 7.11 Å². The number of hydrogen-bond donors (Lipinski definition) is 1. The van der Waals surface area contributed by atoms with Gasteiger partial charge in [0, 0.05) is 17.6 Å². The summed E-state index contributed by atoms with van der Waals surface area (Å²) in [5.74, 6) is 1.81. The first-order valence-corrected chi connectivity index (χ1v) is 7.70. The van der Waals surface area contributed by atoms with Crippen molar-refractivity contribution < 1.29 is 9.47 Å². The fraction of sp³-hybridized carbons (Fsp3) is 0.588. The lowest BCUT2D eigenvalue weighted by Crippen LogP contribution is -2.31. The molecule has 2 aliphatic rings. The van der Waals surface area contributed by atoms with Gasteiger partial charge in [0.15, 0.2) is 0 Å². The van der Waals surface area contributed by atoms with Crippen LogP contribution in [0.1, 0.15) is 56.9 Å². The largest absolute Gasteiger partial charge is 0.496 e. The van der Waals surface area contributed by atoms with Gasteiger partial charge in [-0.05, 0) is 39.5 Å². The molecule has 1 aromatic heterocycles. The molecule has 0 atom stereocenters. The van der Waals surface area contributed by atoms with Gasteiger partial charge in [-0.15, -0.1) is 0 Å². The van der Waals surface area contributed by atoms with E-state index in [1.165, 1.54) is 0 Å². The minimum atomic E-state index is -0.107. The Labute approximate surface area is 125 Å². The Morgan fingerprint density at radius 3 is 2.71 bits per heavy atom. The highest BCUT2D eigenvalue weighted by atomic mass is 16.5. The Bertz CT molecular complexity index is 667. The summed E-state index contributed by atoms with van der Waals surface area (Å²) in [6, 6.07) is 0. The molecule has 0 radical (unpaired) electrons. The topological polar surface area (TPSA) is 51.3 Å². The zero-order chi connectivity index (χ0) is 15.2. The molecule has 0 spiro atoms. The van der Waals surface area contributed by atoms with Gasteiger partial charge >= 0.3 is 0 Å². The monoisotopic (exact) mass is 289 g/mol. The molecule has 1 aliphatic carbocycles. The summed E-state index contributed by atoms with van der Waals surface area (Å²) in [6.45, 7) is 6.23. The van der Waals surface area contributed by atoms with E-state index in [0.29, 0.717) is 6.42 Å². The summed E-state index contributed by atoms with van der Waals surface area (Å²) >= 11 is 0. The van der Waals surface area contributed by atoms with Crippen LogP contribution in [0.5, 0.6) is 5.75 Å². The predicted octanol–water partition coefficient (Wildman–Crippen LogP) is 3.19. The van der Waals surface area contributed by atoms with Crippen LogP contribution in [0, 0.1) is 0 Å². The van der Waals surface area contributed by atoms with Crippen LogP contribution < -0.4 is 10.3 Å². The SMILES string of the molecule is CCc1c(OC)c2c([nH]c1=O)C1=C(CC2)OC(C)(C)CC1. The molecule has 0 amide bonds. The third-order valence-electron chi connectivity index (χ3n) is 4.54. The molecule has 1 aromatic rings. The average Bonchev–Trinajstić information content (AvgIpc) is 2.44. The molecule has 0 unspecified atom stereocenters. The Morgan fingerprint density at radius 2 is 2.05 bits per heavy atom. The van der Waals surface area contributed by atoms with Crippen LogP contribution in [0.3, 0.4) is 0 Å². The van der Waals surface area contributed by atoms with Crippen molar-refractivity contribution >= 4 is 5.57 Å². The fourth-order valence-corrected chi connectivity index (χ4v) is 3.44. The number of pyridine rings is 1. The first kappa shape index (κ1) is 14.2. The van der Waals surface area contributed by atoms with Gasteiger partial charge < -0.3 is 14.5 Å². The molecule has 114 valence electrons. The average molecular weight is 289 g/mol. The van der Waals surface area contributed by atoms with Crippen molar-refractivity contribution in [2.75, 3.05) is 7.11 Å². The van der Waals surface area contributed by atoms with Crippen molar-refractivity contribution in [1.82, 2.24) is 4.98 Å². The highest BCUT2D eigenvalue weighted by Gasteiger charge is 2.34. The Morgan fingerprint density at radius 1 is 1.29 bits per heavy atom. The molecule has 3 rings (SSSR count). The number of H-pyrrole nitrogens is 1. The van der Waals surface area contributed by atoms with Crippen LogP contribution in [-0.4, -0.2) is 17.7 Å². The number of aromatic nitrogens is 1. The smallest absolute Gasteiger partial charge is 0.255 e.